The van der Waals surface area contributed by atoms with Crippen LogP contribution >= 0.6 is 12.4 Å². The molecular formula is C13H17ClF2N2O. The molecule has 1 fully saturated rings. The van der Waals surface area contributed by atoms with E-state index in [1.165, 1.54) is 6.07 Å². The van der Waals surface area contributed by atoms with Crippen molar-refractivity contribution in [1.82, 2.24) is 10.2 Å². The van der Waals surface area contributed by atoms with E-state index in [1.807, 2.05) is 7.05 Å². The number of carbonyl (C=O) groups is 1. The summed E-state index contributed by atoms with van der Waals surface area (Å²) in [6.07, 6.45) is 0.912. The van der Waals surface area contributed by atoms with E-state index in [-0.39, 0.29) is 23.9 Å². The molecule has 0 saturated carbocycles. The summed E-state index contributed by atoms with van der Waals surface area (Å²) in [5.74, 6) is -1.41. The van der Waals surface area contributed by atoms with E-state index in [9.17, 15) is 13.6 Å². The van der Waals surface area contributed by atoms with Crippen LogP contribution < -0.4 is 5.32 Å². The third-order valence-electron chi connectivity index (χ3n) is 3.23. The summed E-state index contributed by atoms with van der Waals surface area (Å²) >= 11 is 0. The van der Waals surface area contributed by atoms with Crippen molar-refractivity contribution in [1.29, 1.82) is 0 Å². The molecule has 0 aromatic heterocycles. The number of nitrogens with one attached hydrogen (secondary N) is 1. The molecule has 0 bridgehead atoms. The van der Waals surface area contributed by atoms with Gasteiger partial charge in [-0.3, -0.25) is 4.79 Å². The Morgan fingerprint density at radius 3 is 2.84 bits per heavy atom. The lowest BCUT2D eigenvalue weighted by molar-refractivity contribution is 0.0782. The molecule has 2 rings (SSSR count). The number of halogens is 3. The highest BCUT2D eigenvalue weighted by atomic mass is 35.5. The van der Waals surface area contributed by atoms with Crippen molar-refractivity contribution in [2.75, 3.05) is 26.7 Å². The Morgan fingerprint density at radius 2 is 2.21 bits per heavy atom. The molecule has 3 nitrogen and oxygen atoms in total. The van der Waals surface area contributed by atoms with Crippen LogP contribution in [-0.4, -0.2) is 37.5 Å². The highest BCUT2D eigenvalue weighted by Gasteiger charge is 2.27. The first-order valence-corrected chi connectivity index (χ1v) is 6.00. The van der Waals surface area contributed by atoms with Gasteiger partial charge in [0, 0.05) is 19.2 Å². The van der Waals surface area contributed by atoms with Gasteiger partial charge in [-0.2, -0.15) is 0 Å². The maximum atomic E-state index is 13.5. The third-order valence-corrected chi connectivity index (χ3v) is 3.23. The summed E-state index contributed by atoms with van der Waals surface area (Å²) in [5.41, 5.74) is -0.0542. The van der Waals surface area contributed by atoms with Gasteiger partial charge in [-0.05, 0) is 38.1 Å². The fraction of sp³-hybridized carbons (Fsp3) is 0.462. The minimum Gasteiger partial charge on any atom is -0.338 e. The number of hydrogen-bond acceptors (Lipinski definition) is 2. The van der Waals surface area contributed by atoms with Crippen molar-refractivity contribution in [3.05, 3.63) is 35.4 Å². The Hall–Kier alpha value is -1.20. The van der Waals surface area contributed by atoms with Crippen LogP contribution in [0.15, 0.2) is 18.2 Å². The van der Waals surface area contributed by atoms with Crippen LogP contribution in [0.25, 0.3) is 0 Å². The monoisotopic (exact) mass is 290 g/mol. The van der Waals surface area contributed by atoms with Crippen molar-refractivity contribution in [3.63, 3.8) is 0 Å². The predicted octanol–water partition coefficient (Wildman–Crippen LogP) is 2.07. The minimum absolute atomic E-state index is 0. The van der Waals surface area contributed by atoms with Gasteiger partial charge in [0.2, 0.25) is 0 Å². The Morgan fingerprint density at radius 1 is 1.47 bits per heavy atom. The molecule has 1 atom stereocenters. The Bertz CT molecular complexity index is 456. The molecule has 0 aliphatic carbocycles. The Labute approximate surface area is 117 Å². The largest absolute Gasteiger partial charge is 0.338 e. The first kappa shape index (κ1) is 15.9. The predicted molar refractivity (Wildman–Crippen MR) is 71.5 cm³/mol. The van der Waals surface area contributed by atoms with Gasteiger partial charge < -0.3 is 10.2 Å². The van der Waals surface area contributed by atoms with E-state index in [1.54, 1.807) is 4.90 Å². The highest BCUT2D eigenvalue weighted by molar-refractivity contribution is 5.94. The number of amides is 1. The molecule has 1 N–H and O–H groups in total. The standard InChI is InChI=1S/C13H16F2N2O.ClH/c1-16-7-9-4-5-17(8-9)13(18)11-3-2-10(14)6-12(11)15;/h2-3,6,9,16H,4-5,7-8H2,1H3;1H. The summed E-state index contributed by atoms with van der Waals surface area (Å²) in [6.45, 7) is 2.09. The average Bonchev–Trinajstić information content (AvgIpc) is 2.77. The van der Waals surface area contributed by atoms with Gasteiger partial charge in [-0.15, -0.1) is 12.4 Å². The molecule has 1 aliphatic rings. The first-order chi connectivity index (χ1) is 8.61. The fourth-order valence-corrected chi connectivity index (χ4v) is 2.31. The number of carbonyl (C=O) groups excluding carboxylic acids is 1. The van der Waals surface area contributed by atoms with Gasteiger partial charge in [0.15, 0.2) is 0 Å². The van der Waals surface area contributed by atoms with E-state index < -0.39 is 11.6 Å². The minimum atomic E-state index is -0.794. The maximum absolute atomic E-state index is 13.5. The first-order valence-electron chi connectivity index (χ1n) is 6.00. The molecule has 6 heteroatoms. The molecule has 0 radical (unpaired) electrons. The zero-order valence-corrected chi connectivity index (χ0v) is 11.5. The van der Waals surface area contributed by atoms with Crippen molar-refractivity contribution >= 4 is 18.3 Å². The molecule has 0 spiro atoms. The molecule has 106 valence electrons. The Kier molecular flexibility index (Phi) is 5.69. The Balaban J connectivity index is 0.00000180. The lowest BCUT2D eigenvalue weighted by Gasteiger charge is -2.17. The third kappa shape index (κ3) is 3.64. The molecule has 1 unspecified atom stereocenters. The molecule has 1 aromatic carbocycles. The highest BCUT2D eigenvalue weighted by Crippen LogP contribution is 2.19. The van der Waals surface area contributed by atoms with Crippen LogP contribution in [0.4, 0.5) is 8.78 Å². The SMILES string of the molecule is CNCC1CCN(C(=O)c2ccc(F)cc2F)C1.Cl. The smallest absolute Gasteiger partial charge is 0.256 e. The summed E-state index contributed by atoms with van der Waals surface area (Å²) < 4.78 is 26.3. The van der Waals surface area contributed by atoms with Gasteiger partial charge >= 0.3 is 0 Å². The van der Waals surface area contributed by atoms with Crippen LogP contribution in [0.1, 0.15) is 16.8 Å². The fourth-order valence-electron chi connectivity index (χ4n) is 2.31. The normalized spacial score (nSPS) is 18.3. The summed E-state index contributed by atoms with van der Waals surface area (Å²) in [5, 5.41) is 3.07. The van der Waals surface area contributed by atoms with Crippen LogP contribution in [-0.2, 0) is 0 Å². The number of likely N-dealkylation sites (tertiary alicyclic amines) is 1. The molecule has 1 amide bonds. The molecular weight excluding hydrogens is 274 g/mol. The zero-order chi connectivity index (χ0) is 13.1. The van der Waals surface area contributed by atoms with Gasteiger partial charge in [-0.25, -0.2) is 8.78 Å². The second-order valence-corrected chi connectivity index (χ2v) is 4.59. The van der Waals surface area contributed by atoms with Crippen molar-refractivity contribution in [3.8, 4) is 0 Å². The van der Waals surface area contributed by atoms with Gasteiger partial charge in [0.25, 0.3) is 5.91 Å². The van der Waals surface area contributed by atoms with Crippen LogP contribution in [0.3, 0.4) is 0 Å². The second kappa shape index (κ2) is 6.82. The van der Waals surface area contributed by atoms with Gasteiger partial charge in [0.05, 0.1) is 5.56 Å². The topological polar surface area (TPSA) is 32.3 Å². The van der Waals surface area contributed by atoms with Crippen molar-refractivity contribution < 1.29 is 13.6 Å². The molecule has 1 aromatic rings. The van der Waals surface area contributed by atoms with Gasteiger partial charge in [0.1, 0.15) is 11.6 Å². The summed E-state index contributed by atoms with van der Waals surface area (Å²) in [6, 6.07) is 3.06. The van der Waals surface area contributed by atoms with E-state index in [0.29, 0.717) is 19.0 Å². The number of benzene rings is 1. The van der Waals surface area contributed by atoms with E-state index >= 15 is 0 Å². The molecule has 1 heterocycles. The number of nitrogens with zero attached hydrogens (tertiary/aromatic N) is 1. The van der Waals surface area contributed by atoms with Crippen LogP contribution in [0.5, 0.6) is 0 Å². The quantitative estimate of drug-likeness (QED) is 0.924. The summed E-state index contributed by atoms with van der Waals surface area (Å²) in [7, 11) is 1.87. The number of rotatable bonds is 3. The van der Waals surface area contributed by atoms with E-state index in [2.05, 4.69) is 5.32 Å². The second-order valence-electron chi connectivity index (χ2n) is 4.59. The lowest BCUT2D eigenvalue weighted by Crippen LogP contribution is -2.31. The van der Waals surface area contributed by atoms with Crippen molar-refractivity contribution in [2.45, 2.75) is 6.42 Å². The van der Waals surface area contributed by atoms with Crippen LogP contribution in [0, 0.1) is 17.6 Å². The van der Waals surface area contributed by atoms with Crippen molar-refractivity contribution in [2.24, 2.45) is 5.92 Å². The molecule has 19 heavy (non-hydrogen) atoms. The van der Waals surface area contributed by atoms with E-state index in [4.69, 9.17) is 0 Å². The van der Waals surface area contributed by atoms with E-state index in [0.717, 1.165) is 25.1 Å². The van der Waals surface area contributed by atoms with Gasteiger partial charge in [-0.1, -0.05) is 0 Å². The van der Waals surface area contributed by atoms with Crippen LogP contribution in [0.2, 0.25) is 0 Å². The maximum Gasteiger partial charge on any atom is 0.256 e. The average molecular weight is 291 g/mol. The molecule has 1 saturated heterocycles. The molecule has 1 aliphatic heterocycles. The summed E-state index contributed by atoms with van der Waals surface area (Å²) in [4.78, 5) is 13.7. The zero-order valence-electron chi connectivity index (χ0n) is 10.7. The lowest BCUT2D eigenvalue weighted by atomic mass is 10.1. The number of hydrogen-bond donors (Lipinski definition) is 1.